The zero-order valence-electron chi connectivity index (χ0n) is 32.2. The normalized spacial score (nSPS) is 14.9. The monoisotopic (exact) mass is 750 g/mol. The SMILES string of the molecule is CCC(=O)c1cccc(OCC(=O)NCCCCN2CCN(c3ccc(Nc4ncc5c(C)c(C(C)=O)c(=O)n(C6CCCC6)c5n4)nc3)CC2)c1C(C)=O. The molecule has 2 N–H and O–H groups in total. The Labute approximate surface area is 320 Å². The zero-order chi connectivity index (χ0) is 39.1. The van der Waals surface area contributed by atoms with Crippen LogP contribution < -0.4 is 25.8 Å². The molecule has 55 heavy (non-hydrogen) atoms. The Kier molecular flexibility index (Phi) is 12.7. The van der Waals surface area contributed by atoms with Crippen LogP contribution in [0, 0.1) is 6.92 Å². The van der Waals surface area contributed by atoms with Crippen LogP contribution in [0.2, 0.25) is 0 Å². The number of ketones is 3. The highest BCUT2D eigenvalue weighted by Gasteiger charge is 2.26. The van der Waals surface area contributed by atoms with Gasteiger partial charge in [-0.05, 0) is 76.8 Å². The van der Waals surface area contributed by atoms with Crippen molar-refractivity contribution in [3.05, 3.63) is 75.3 Å². The van der Waals surface area contributed by atoms with Crippen molar-refractivity contribution in [1.29, 1.82) is 0 Å². The number of carbonyl (C=O) groups is 4. The highest BCUT2D eigenvalue weighted by atomic mass is 16.5. The van der Waals surface area contributed by atoms with Gasteiger partial charge in [-0.1, -0.05) is 31.9 Å². The molecule has 1 saturated carbocycles. The molecule has 0 atom stereocenters. The Morgan fingerprint density at radius 1 is 0.909 bits per heavy atom. The van der Waals surface area contributed by atoms with Gasteiger partial charge in [0.05, 0.1) is 23.0 Å². The lowest BCUT2D eigenvalue weighted by atomic mass is 9.98. The third-order valence-corrected chi connectivity index (χ3v) is 10.6. The molecule has 3 aromatic heterocycles. The lowest BCUT2D eigenvalue weighted by Crippen LogP contribution is -2.46. The van der Waals surface area contributed by atoms with Crippen LogP contribution in [0.1, 0.15) is 108 Å². The topological polar surface area (TPSA) is 169 Å². The van der Waals surface area contributed by atoms with Gasteiger partial charge in [0.15, 0.2) is 24.0 Å². The third-order valence-electron chi connectivity index (χ3n) is 10.6. The van der Waals surface area contributed by atoms with Crippen molar-refractivity contribution in [2.45, 2.75) is 78.7 Å². The van der Waals surface area contributed by atoms with Crippen LogP contribution >= 0.6 is 0 Å². The van der Waals surface area contributed by atoms with Gasteiger partial charge < -0.3 is 20.3 Å². The van der Waals surface area contributed by atoms with Gasteiger partial charge in [0.1, 0.15) is 17.2 Å². The van der Waals surface area contributed by atoms with Crippen molar-refractivity contribution in [3.63, 3.8) is 0 Å². The number of unbranched alkanes of at least 4 members (excludes halogenated alkanes) is 1. The summed E-state index contributed by atoms with van der Waals surface area (Å²) in [6.45, 7) is 11.1. The quantitative estimate of drug-likeness (QED) is 0.110. The van der Waals surface area contributed by atoms with Gasteiger partial charge >= 0.3 is 0 Å². The van der Waals surface area contributed by atoms with Crippen LogP contribution in [0.3, 0.4) is 0 Å². The van der Waals surface area contributed by atoms with E-state index in [1.165, 1.54) is 13.8 Å². The molecule has 0 unspecified atom stereocenters. The van der Waals surface area contributed by atoms with Gasteiger partial charge in [0.25, 0.3) is 11.5 Å². The Balaban J connectivity index is 0.948. The van der Waals surface area contributed by atoms with Gasteiger partial charge in [-0.3, -0.25) is 33.4 Å². The second-order valence-corrected chi connectivity index (χ2v) is 14.3. The molecule has 1 aliphatic heterocycles. The molecule has 14 heteroatoms. The lowest BCUT2D eigenvalue weighted by molar-refractivity contribution is -0.123. The van der Waals surface area contributed by atoms with E-state index in [1.807, 2.05) is 18.3 Å². The first-order valence-electron chi connectivity index (χ1n) is 19.3. The summed E-state index contributed by atoms with van der Waals surface area (Å²) in [4.78, 5) is 81.5. The van der Waals surface area contributed by atoms with E-state index in [0.29, 0.717) is 40.5 Å². The van der Waals surface area contributed by atoms with Crippen LogP contribution in [0.5, 0.6) is 5.75 Å². The van der Waals surface area contributed by atoms with Crippen molar-refractivity contribution >= 4 is 51.7 Å². The zero-order valence-corrected chi connectivity index (χ0v) is 32.2. The van der Waals surface area contributed by atoms with Crippen LogP contribution in [0.15, 0.2) is 47.5 Å². The number of carbonyl (C=O) groups excluding carboxylic acids is 4. The Hall–Kier alpha value is -5.50. The highest BCUT2D eigenvalue weighted by Crippen LogP contribution is 2.32. The van der Waals surface area contributed by atoms with Gasteiger partial charge in [-0.15, -0.1) is 0 Å². The number of piperazine rings is 1. The van der Waals surface area contributed by atoms with Gasteiger partial charge in [0.2, 0.25) is 5.95 Å². The Bertz CT molecular complexity index is 2120. The Morgan fingerprint density at radius 2 is 1.65 bits per heavy atom. The molecule has 4 aromatic rings. The minimum Gasteiger partial charge on any atom is -0.483 e. The molecule has 0 bridgehead atoms. The molecule has 6 rings (SSSR count). The molecule has 1 aliphatic carbocycles. The lowest BCUT2D eigenvalue weighted by Gasteiger charge is -2.36. The second-order valence-electron chi connectivity index (χ2n) is 14.3. The first-order valence-corrected chi connectivity index (χ1v) is 19.3. The number of ether oxygens (including phenoxy) is 1. The maximum absolute atomic E-state index is 13.5. The van der Waals surface area contributed by atoms with E-state index in [-0.39, 0.29) is 64.8 Å². The number of pyridine rings is 2. The highest BCUT2D eigenvalue weighted by molar-refractivity contribution is 6.09. The van der Waals surface area contributed by atoms with Crippen LogP contribution in [-0.2, 0) is 4.79 Å². The smallest absolute Gasteiger partial charge is 0.263 e. The van der Waals surface area contributed by atoms with Crippen molar-refractivity contribution in [2.75, 3.05) is 56.1 Å². The summed E-state index contributed by atoms with van der Waals surface area (Å²) in [5.74, 6) is 0.223. The van der Waals surface area contributed by atoms with E-state index in [0.717, 1.165) is 76.9 Å². The number of fused-ring (bicyclic) bond motifs is 1. The maximum atomic E-state index is 13.5. The molecule has 14 nitrogen and oxygen atoms in total. The molecular weight excluding hydrogens is 701 g/mol. The largest absolute Gasteiger partial charge is 0.483 e. The van der Waals surface area contributed by atoms with Crippen molar-refractivity contribution < 1.29 is 23.9 Å². The molecule has 1 aromatic carbocycles. The van der Waals surface area contributed by atoms with Crippen molar-refractivity contribution in [1.82, 2.24) is 29.7 Å². The molecular formula is C41H50N8O6. The van der Waals surface area contributed by atoms with Crippen molar-refractivity contribution in [2.24, 2.45) is 0 Å². The first-order chi connectivity index (χ1) is 26.5. The number of nitrogens with zero attached hydrogens (tertiary/aromatic N) is 6. The number of amides is 1. The minimum absolute atomic E-state index is 0.00770. The summed E-state index contributed by atoms with van der Waals surface area (Å²) in [5.41, 5.74) is 2.64. The molecule has 0 spiro atoms. The van der Waals surface area contributed by atoms with E-state index in [1.54, 1.807) is 42.8 Å². The molecule has 290 valence electrons. The van der Waals surface area contributed by atoms with Crippen LogP contribution in [-0.4, -0.2) is 93.6 Å². The molecule has 1 amide bonds. The Morgan fingerprint density at radius 3 is 2.33 bits per heavy atom. The van der Waals surface area contributed by atoms with E-state index in [2.05, 4.69) is 30.4 Å². The van der Waals surface area contributed by atoms with E-state index >= 15 is 0 Å². The average Bonchev–Trinajstić information content (AvgIpc) is 3.71. The van der Waals surface area contributed by atoms with Gasteiger partial charge in [-0.25, -0.2) is 9.97 Å². The minimum atomic E-state index is -0.278. The summed E-state index contributed by atoms with van der Waals surface area (Å²) in [6, 6.07) is 8.80. The number of aryl methyl sites for hydroxylation is 1. The average molecular weight is 751 g/mol. The number of rotatable bonds is 16. The number of aromatic nitrogens is 4. The number of benzene rings is 1. The summed E-state index contributed by atoms with van der Waals surface area (Å²) < 4.78 is 7.35. The molecule has 1 saturated heterocycles. The van der Waals surface area contributed by atoms with E-state index < -0.39 is 0 Å². The summed E-state index contributed by atoms with van der Waals surface area (Å²) in [6.07, 6.45) is 9.39. The summed E-state index contributed by atoms with van der Waals surface area (Å²) in [7, 11) is 0. The predicted molar refractivity (Wildman–Crippen MR) is 211 cm³/mol. The van der Waals surface area contributed by atoms with Gasteiger partial charge in [-0.2, -0.15) is 4.98 Å². The molecule has 4 heterocycles. The fourth-order valence-corrected chi connectivity index (χ4v) is 7.62. The standard InChI is InChI=1S/C41H50N8O6/c1-5-33(52)31-13-10-14-34(38(31)28(4)51)55-25-36(53)42-17-8-9-18-47-19-21-48(22-20-47)30-15-16-35(43-23-30)45-41-44-24-32-26(2)37(27(3)50)40(54)49(39(32)46-41)29-11-6-7-12-29/h10,13-16,23-24,29H,5-9,11-12,17-22,25H2,1-4H3,(H,42,53)(H,43,44,45,46). The van der Waals surface area contributed by atoms with E-state index in [9.17, 15) is 24.0 Å². The number of hydrogen-bond donors (Lipinski definition) is 2. The van der Waals surface area contributed by atoms with Crippen LogP contribution in [0.25, 0.3) is 11.0 Å². The summed E-state index contributed by atoms with van der Waals surface area (Å²) >= 11 is 0. The van der Waals surface area contributed by atoms with Gasteiger partial charge in [0, 0.05) is 62.3 Å². The third kappa shape index (κ3) is 9.07. The number of hydrogen-bond acceptors (Lipinski definition) is 12. The second kappa shape index (κ2) is 17.8. The van der Waals surface area contributed by atoms with Crippen molar-refractivity contribution in [3.8, 4) is 5.75 Å². The summed E-state index contributed by atoms with van der Waals surface area (Å²) in [5, 5.41) is 6.78. The van der Waals surface area contributed by atoms with Crippen LogP contribution in [0.4, 0.5) is 17.5 Å². The first kappa shape index (κ1) is 39.2. The van der Waals surface area contributed by atoms with E-state index in [4.69, 9.17) is 9.72 Å². The predicted octanol–water partition coefficient (Wildman–Crippen LogP) is 5.45. The number of anilines is 3. The maximum Gasteiger partial charge on any atom is 0.263 e. The fourth-order valence-electron chi connectivity index (χ4n) is 7.62. The molecule has 2 fully saturated rings. The number of nitrogens with one attached hydrogen (secondary N) is 2. The number of Topliss-reactive ketones (excluding diaryl/α,β-unsaturated/α-hetero) is 3. The fraction of sp³-hybridized carbons (Fsp3) is 0.463. The molecule has 0 radical (unpaired) electrons. The molecule has 2 aliphatic rings.